The quantitative estimate of drug-likeness (QED) is 0.467. The number of hydrogen-bond donors (Lipinski definition) is 1. The lowest BCUT2D eigenvalue weighted by Crippen LogP contribution is -2.22. The molecule has 1 atom stereocenters. The first-order chi connectivity index (χ1) is 15.4. The molecule has 1 amide bonds. The number of benzene rings is 2. The van der Waals surface area contributed by atoms with E-state index >= 15 is 0 Å². The largest absolute Gasteiger partial charge is 0.481 e. The number of amides is 1. The van der Waals surface area contributed by atoms with Crippen LogP contribution < -0.4 is 10.5 Å². The maximum atomic E-state index is 12.5. The summed E-state index contributed by atoms with van der Waals surface area (Å²) in [5.41, 5.74) is 12.7. The fourth-order valence-corrected chi connectivity index (χ4v) is 4.86. The van der Waals surface area contributed by atoms with Gasteiger partial charge in [-0.05, 0) is 61.9 Å². The first-order valence-electron chi connectivity index (χ1n) is 11.1. The zero-order valence-corrected chi connectivity index (χ0v) is 18.9. The van der Waals surface area contributed by atoms with Gasteiger partial charge in [0.25, 0.3) is 0 Å². The Hall–Kier alpha value is -3.28. The predicted molar refractivity (Wildman–Crippen MR) is 124 cm³/mol. The van der Waals surface area contributed by atoms with Gasteiger partial charge in [0.15, 0.2) is 6.61 Å². The van der Waals surface area contributed by atoms with E-state index in [2.05, 4.69) is 42.7 Å². The summed E-state index contributed by atoms with van der Waals surface area (Å²) in [5, 5.41) is 0.877. The Bertz CT molecular complexity index is 1180. The molecule has 0 fully saturated rings. The second-order valence-electron chi connectivity index (χ2n) is 8.59. The van der Waals surface area contributed by atoms with Gasteiger partial charge < -0.3 is 19.8 Å². The van der Waals surface area contributed by atoms with Crippen molar-refractivity contribution >= 4 is 22.8 Å². The van der Waals surface area contributed by atoms with E-state index in [0.29, 0.717) is 12.3 Å². The minimum absolute atomic E-state index is 0.187. The number of rotatable bonds is 6. The normalized spacial score (nSPS) is 15.8. The number of esters is 1. The van der Waals surface area contributed by atoms with Crippen LogP contribution in [-0.2, 0) is 27.3 Å². The molecular formula is C26H30N2O4. The molecule has 32 heavy (non-hydrogen) atoms. The average Bonchev–Trinajstić information content (AvgIpc) is 2.92. The summed E-state index contributed by atoms with van der Waals surface area (Å²) in [6, 6.07) is 12.3. The molecule has 2 aromatic carbocycles. The van der Waals surface area contributed by atoms with Gasteiger partial charge in [0.1, 0.15) is 5.75 Å². The average molecular weight is 435 g/mol. The highest BCUT2D eigenvalue weighted by Crippen LogP contribution is 2.42. The monoisotopic (exact) mass is 434 g/mol. The molecule has 0 spiro atoms. The number of hydrogen-bond acceptors (Lipinski definition) is 4. The molecule has 1 aliphatic carbocycles. The van der Waals surface area contributed by atoms with Gasteiger partial charge in [0.2, 0.25) is 5.91 Å². The smallest absolute Gasteiger partial charge is 0.343 e. The van der Waals surface area contributed by atoms with E-state index in [1.807, 2.05) is 12.1 Å². The second kappa shape index (κ2) is 9.07. The second-order valence-corrected chi connectivity index (χ2v) is 8.59. The molecule has 6 heteroatoms. The Labute approximate surface area is 188 Å². The first-order valence-corrected chi connectivity index (χ1v) is 11.1. The van der Waals surface area contributed by atoms with Gasteiger partial charge in [0, 0.05) is 17.6 Å². The zero-order chi connectivity index (χ0) is 22.8. The summed E-state index contributed by atoms with van der Waals surface area (Å²) < 4.78 is 12.9. The maximum Gasteiger partial charge on any atom is 0.343 e. The van der Waals surface area contributed by atoms with Gasteiger partial charge >= 0.3 is 5.97 Å². The maximum absolute atomic E-state index is 12.5. The summed E-state index contributed by atoms with van der Waals surface area (Å²) in [5.74, 6) is -0.564. The summed E-state index contributed by atoms with van der Waals surface area (Å²) >= 11 is 0. The van der Waals surface area contributed by atoms with Crippen LogP contribution in [0.4, 0.5) is 0 Å². The molecule has 6 nitrogen and oxygen atoms in total. The molecule has 0 bridgehead atoms. The van der Waals surface area contributed by atoms with E-state index in [4.69, 9.17) is 15.2 Å². The summed E-state index contributed by atoms with van der Waals surface area (Å²) in [7, 11) is 1.34. The van der Waals surface area contributed by atoms with Crippen molar-refractivity contribution < 1.29 is 19.1 Å². The topological polar surface area (TPSA) is 83.6 Å². The number of aromatic nitrogens is 1. The number of fused-ring (bicyclic) bond motifs is 3. The summed E-state index contributed by atoms with van der Waals surface area (Å²) in [4.78, 5) is 24.2. The summed E-state index contributed by atoms with van der Waals surface area (Å²) in [6.45, 7) is 4.73. The lowest BCUT2D eigenvalue weighted by atomic mass is 9.92. The van der Waals surface area contributed by atoms with Crippen molar-refractivity contribution in [2.24, 2.45) is 5.73 Å². The zero-order valence-electron chi connectivity index (χ0n) is 18.9. The van der Waals surface area contributed by atoms with Gasteiger partial charge in [-0.2, -0.15) is 0 Å². The van der Waals surface area contributed by atoms with E-state index in [9.17, 15) is 9.59 Å². The van der Waals surface area contributed by atoms with Crippen LogP contribution in [0.3, 0.4) is 0 Å². The third-order valence-electron chi connectivity index (χ3n) is 6.45. The molecule has 1 aliphatic rings. The van der Waals surface area contributed by atoms with Crippen molar-refractivity contribution in [3.63, 3.8) is 0 Å². The van der Waals surface area contributed by atoms with Gasteiger partial charge in [-0.15, -0.1) is 0 Å². The van der Waals surface area contributed by atoms with E-state index < -0.39 is 5.97 Å². The van der Waals surface area contributed by atoms with Crippen LogP contribution in [0.25, 0.3) is 10.9 Å². The fourth-order valence-electron chi connectivity index (χ4n) is 4.86. The van der Waals surface area contributed by atoms with Gasteiger partial charge in [-0.25, -0.2) is 4.79 Å². The Morgan fingerprint density at radius 1 is 1.16 bits per heavy atom. The number of methoxy groups -OCH3 is 1. The van der Waals surface area contributed by atoms with Crippen LogP contribution in [0.15, 0.2) is 36.4 Å². The van der Waals surface area contributed by atoms with E-state index in [1.165, 1.54) is 23.8 Å². The number of ether oxygens (including phenoxy) is 2. The number of nitrogens with zero attached hydrogens (tertiary/aromatic N) is 1. The number of carbonyl (C=O) groups is 2. The number of primary amides is 1. The van der Waals surface area contributed by atoms with Crippen molar-refractivity contribution in [3.8, 4) is 5.75 Å². The Balaban J connectivity index is 1.92. The molecule has 0 radical (unpaired) electrons. The molecule has 1 unspecified atom stereocenters. The molecule has 2 N–H and O–H groups in total. The van der Waals surface area contributed by atoms with E-state index in [0.717, 1.165) is 47.8 Å². The van der Waals surface area contributed by atoms with Gasteiger partial charge in [-0.1, -0.05) is 36.2 Å². The minimum Gasteiger partial charge on any atom is -0.481 e. The van der Waals surface area contributed by atoms with Crippen molar-refractivity contribution in [2.75, 3.05) is 13.7 Å². The third-order valence-corrected chi connectivity index (χ3v) is 6.45. The first kappa shape index (κ1) is 21.9. The Morgan fingerprint density at radius 2 is 1.97 bits per heavy atom. The van der Waals surface area contributed by atoms with Gasteiger partial charge in [0.05, 0.1) is 18.5 Å². The van der Waals surface area contributed by atoms with Crippen LogP contribution in [0.1, 0.15) is 53.1 Å². The minimum atomic E-state index is -0.450. The highest BCUT2D eigenvalue weighted by atomic mass is 16.6. The van der Waals surface area contributed by atoms with Gasteiger partial charge in [-0.3, -0.25) is 4.79 Å². The standard InChI is InChI=1S/C26H30N2O4/c1-16-11-12-18(17(2)13-16)14-28-20-8-5-4-7-19(26(27)30)24(20)25-21(28)9-6-10-22(25)32-15-23(29)31-3/h6,9-13,19H,4-5,7-8,14-15H2,1-3H3,(H2,27,30). The SMILES string of the molecule is COC(=O)COc1cccc2c1c1c(n2Cc2ccc(C)cc2C)CCCCC1C(N)=O. The van der Waals surface area contributed by atoms with Crippen molar-refractivity contribution in [1.29, 1.82) is 0 Å². The lowest BCUT2D eigenvalue weighted by Gasteiger charge is -2.15. The van der Waals surface area contributed by atoms with Crippen LogP contribution in [-0.4, -0.2) is 30.2 Å². The Kier molecular flexibility index (Phi) is 6.21. The fraction of sp³-hybridized carbons (Fsp3) is 0.385. The van der Waals surface area contributed by atoms with E-state index in [-0.39, 0.29) is 18.4 Å². The molecule has 4 rings (SSSR count). The highest BCUT2D eigenvalue weighted by Gasteiger charge is 2.31. The van der Waals surface area contributed by atoms with Crippen LogP contribution in [0, 0.1) is 13.8 Å². The molecule has 3 aromatic rings. The number of carbonyl (C=O) groups excluding carboxylic acids is 2. The molecule has 168 valence electrons. The molecule has 0 aliphatic heterocycles. The van der Waals surface area contributed by atoms with Crippen molar-refractivity contribution in [2.45, 2.75) is 52.0 Å². The number of aryl methyl sites for hydroxylation is 2. The summed E-state index contributed by atoms with van der Waals surface area (Å²) in [6.07, 6.45) is 3.53. The molecule has 1 heterocycles. The van der Waals surface area contributed by atoms with E-state index in [1.54, 1.807) is 0 Å². The lowest BCUT2D eigenvalue weighted by molar-refractivity contribution is -0.142. The van der Waals surface area contributed by atoms with Crippen LogP contribution >= 0.6 is 0 Å². The Morgan fingerprint density at radius 3 is 2.69 bits per heavy atom. The van der Waals surface area contributed by atoms with Crippen molar-refractivity contribution in [3.05, 3.63) is 64.3 Å². The molecule has 0 saturated heterocycles. The van der Waals surface area contributed by atoms with Crippen LogP contribution in [0.2, 0.25) is 0 Å². The third kappa shape index (κ3) is 4.09. The molecule has 1 aromatic heterocycles. The highest BCUT2D eigenvalue weighted by molar-refractivity contribution is 5.97. The van der Waals surface area contributed by atoms with Crippen LogP contribution in [0.5, 0.6) is 5.75 Å². The number of nitrogens with two attached hydrogens (primary N) is 1. The predicted octanol–water partition coefficient (Wildman–Crippen LogP) is 4.15. The van der Waals surface area contributed by atoms with Crippen molar-refractivity contribution in [1.82, 2.24) is 4.57 Å². The molecule has 0 saturated carbocycles. The molecular weight excluding hydrogens is 404 g/mol.